The lowest BCUT2D eigenvalue weighted by Gasteiger charge is -2.40. The first kappa shape index (κ1) is 26.9. The average Bonchev–Trinajstić information content (AvgIpc) is 2.62. The lowest BCUT2D eigenvalue weighted by atomic mass is 9.93. The highest BCUT2D eigenvalue weighted by Crippen LogP contribution is 2.40. The molecular formula is C26H39NO5Si. The molecule has 0 aromatic heterocycles. The van der Waals surface area contributed by atoms with Gasteiger partial charge in [-0.2, -0.15) is 0 Å². The van der Waals surface area contributed by atoms with E-state index < -0.39 is 14.3 Å². The molecule has 6 nitrogen and oxygen atoms in total. The zero-order valence-corrected chi connectivity index (χ0v) is 21.9. The maximum Gasteiger partial charge on any atom is 0.307 e. The normalized spacial score (nSPS) is 13.7. The number of hydrogen-bond acceptors (Lipinski definition) is 5. The predicted molar refractivity (Wildman–Crippen MR) is 134 cm³/mol. The Bertz CT molecular complexity index is 945. The maximum absolute atomic E-state index is 11.1. The third-order valence-corrected chi connectivity index (χ3v) is 10.8. The van der Waals surface area contributed by atoms with E-state index in [1.807, 2.05) is 24.3 Å². The molecule has 0 aliphatic heterocycles. The predicted octanol–water partition coefficient (Wildman–Crippen LogP) is 5.40. The quantitative estimate of drug-likeness (QED) is 0.345. The molecule has 4 N–H and O–H groups in total. The molecule has 2 rings (SSSR count). The SMILES string of the molecule is CC(C)(Cc1cccc(CC(=O)O)c1)NC[C@H](O[Si](C)(C)C(C)(C)C)c1cc(O)cc(O)c1. The minimum Gasteiger partial charge on any atom is -0.508 e. The van der Waals surface area contributed by atoms with Crippen molar-refractivity contribution in [1.82, 2.24) is 5.32 Å². The van der Waals surface area contributed by atoms with Gasteiger partial charge in [-0.1, -0.05) is 45.0 Å². The molecule has 7 heteroatoms. The standard InChI is InChI=1S/C26H39NO5Si/c1-25(2,3)33(6,7)32-23(20-13-21(28)15-22(29)14-20)17-27-26(4,5)16-19-10-8-9-18(11-19)12-24(30)31/h8-11,13-15,23,27-29H,12,16-17H2,1-7H3,(H,30,31)/t23-/m0/s1. The van der Waals surface area contributed by atoms with Gasteiger partial charge in [0.2, 0.25) is 0 Å². The number of hydrogen-bond donors (Lipinski definition) is 4. The number of carboxylic acids is 1. The van der Waals surface area contributed by atoms with Crippen molar-refractivity contribution < 1.29 is 24.5 Å². The summed E-state index contributed by atoms with van der Waals surface area (Å²) in [6.07, 6.45) is 0.366. The zero-order chi connectivity index (χ0) is 25.0. The minimum atomic E-state index is -2.14. The van der Waals surface area contributed by atoms with Gasteiger partial charge in [-0.15, -0.1) is 0 Å². The molecule has 2 aromatic rings. The number of phenolic OH excluding ortho intramolecular Hbond substituents is 2. The van der Waals surface area contributed by atoms with Crippen molar-refractivity contribution in [3.8, 4) is 11.5 Å². The van der Waals surface area contributed by atoms with Crippen LogP contribution in [0.4, 0.5) is 0 Å². The van der Waals surface area contributed by atoms with Crippen molar-refractivity contribution in [2.45, 2.75) is 77.2 Å². The Labute approximate surface area is 198 Å². The van der Waals surface area contributed by atoms with Crippen LogP contribution in [0.25, 0.3) is 0 Å². The van der Waals surface area contributed by atoms with Crippen LogP contribution < -0.4 is 5.32 Å². The second-order valence-electron chi connectivity index (χ2n) is 11.0. The summed E-state index contributed by atoms with van der Waals surface area (Å²) in [7, 11) is -2.14. The van der Waals surface area contributed by atoms with Gasteiger partial charge >= 0.3 is 5.97 Å². The molecule has 0 fully saturated rings. The fourth-order valence-electron chi connectivity index (χ4n) is 3.53. The summed E-state index contributed by atoms with van der Waals surface area (Å²) in [5, 5.41) is 32.8. The van der Waals surface area contributed by atoms with E-state index in [4.69, 9.17) is 9.53 Å². The highest BCUT2D eigenvalue weighted by atomic mass is 28.4. The van der Waals surface area contributed by atoms with Gasteiger partial charge in [-0.3, -0.25) is 4.79 Å². The second-order valence-corrected chi connectivity index (χ2v) is 15.7. The number of benzene rings is 2. The van der Waals surface area contributed by atoms with E-state index >= 15 is 0 Å². The number of phenols is 2. The van der Waals surface area contributed by atoms with E-state index in [-0.39, 0.29) is 34.6 Å². The number of carboxylic acid groups (broad SMARTS) is 1. The van der Waals surface area contributed by atoms with Crippen molar-refractivity contribution in [2.24, 2.45) is 0 Å². The Hall–Kier alpha value is -2.35. The molecule has 182 valence electrons. The molecule has 33 heavy (non-hydrogen) atoms. The molecule has 0 aliphatic carbocycles. The van der Waals surface area contributed by atoms with Crippen LogP contribution in [0, 0.1) is 0 Å². The second kappa shape index (κ2) is 10.3. The van der Waals surface area contributed by atoms with Crippen molar-refractivity contribution >= 4 is 14.3 Å². The van der Waals surface area contributed by atoms with E-state index in [2.05, 4.69) is 53.0 Å². The van der Waals surface area contributed by atoms with Crippen LogP contribution in [0.5, 0.6) is 11.5 Å². The molecule has 0 heterocycles. The largest absolute Gasteiger partial charge is 0.508 e. The lowest BCUT2D eigenvalue weighted by molar-refractivity contribution is -0.136. The molecule has 0 radical (unpaired) electrons. The molecular weight excluding hydrogens is 434 g/mol. The molecule has 0 unspecified atom stereocenters. The molecule has 0 amide bonds. The lowest BCUT2D eigenvalue weighted by Crippen LogP contribution is -2.47. The smallest absolute Gasteiger partial charge is 0.307 e. The van der Waals surface area contributed by atoms with Gasteiger partial charge in [0, 0.05) is 18.2 Å². The number of rotatable bonds is 10. The van der Waals surface area contributed by atoms with Crippen LogP contribution in [-0.4, -0.2) is 41.7 Å². The molecule has 1 atom stereocenters. The third-order valence-electron chi connectivity index (χ3n) is 6.30. The zero-order valence-electron chi connectivity index (χ0n) is 20.9. The van der Waals surface area contributed by atoms with Crippen LogP contribution in [0.3, 0.4) is 0 Å². The van der Waals surface area contributed by atoms with E-state index in [0.29, 0.717) is 13.0 Å². The first-order valence-corrected chi connectivity index (χ1v) is 14.2. The Kier molecular flexibility index (Phi) is 8.38. The molecule has 2 aromatic carbocycles. The van der Waals surface area contributed by atoms with E-state index in [1.54, 1.807) is 12.1 Å². The fourth-order valence-corrected chi connectivity index (χ4v) is 4.81. The van der Waals surface area contributed by atoms with Crippen molar-refractivity contribution in [3.63, 3.8) is 0 Å². The average molecular weight is 474 g/mol. The highest BCUT2D eigenvalue weighted by Gasteiger charge is 2.39. The number of aromatic hydroxyl groups is 2. The summed E-state index contributed by atoms with van der Waals surface area (Å²) >= 11 is 0. The van der Waals surface area contributed by atoms with Crippen LogP contribution >= 0.6 is 0 Å². The van der Waals surface area contributed by atoms with Gasteiger partial charge in [0.1, 0.15) is 11.5 Å². The fraction of sp³-hybridized carbons (Fsp3) is 0.500. The van der Waals surface area contributed by atoms with Gasteiger partial charge in [0.15, 0.2) is 8.32 Å². The van der Waals surface area contributed by atoms with Crippen LogP contribution in [0.15, 0.2) is 42.5 Å². The Morgan fingerprint density at radius 3 is 2.12 bits per heavy atom. The van der Waals surface area contributed by atoms with E-state index in [9.17, 15) is 15.0 Å². The van der Waals surface area contributed by atoms with Crippen molar-refractivity contribution in [2.75, 3.05) is 6.54 Å². The van der Waals surface area contributed by atoms with Gasteiger partial charge < -0.3 is 25.1 Å². The number of aliphatic carboxylic acids is 1. The number of nitrogens with one attached hydrogen (secondary N) is 1. The first-order chi connectivity index (χ1) is 15.1. The van der Waals surface area contributed by atoms with E-state index in [1.165, 1.54) is 6.07 Å². The van der Waals surface area contributed by atoms with E-state index in [0.717, 1.165) is 16.7 Å². The highest BCUT2D eigenvalue weighted by molar-refractivity contribution is 6.74. The monoisotopic (exact) mass is 473 g/mol. The maximum atomic E-state index is 11.1. The Balaban J connectivity index is 2.22. The van der Waals surface area contributed by atoms with Gasteiger partial charge in [-0.05, 0) is 67.2 Å². The van der Waals surface area contributed by atoms with Gasteiger partial charge in [0.05, 0.1) is 12.5 Å². The Morgan fingerprint density at radius 1 is 1.00 bits per heavy atom. The molecule has 0 aliphatic rings. The van der Waals surface area contributed by atoms with Gasteiger partial charge in [0.25, 0.3) is 0 Å². The summed E-state index contributed by atoms with van der Waals surface area (Å²) in [5.74, 6) is -0.837. The van der Waals surface area contributed by atoms with Crippen LogP contribution in [-0.2, 0) is 22.1 Å². The summed E-state index contributed by atoms with van der Waals surface area (Å²) < 4.78 is 6.70. The number of carbonyl (C=O) groups is 1. The molecule has 0 saturated carbocycles. The minimum absolute atomic E-state index is 0.00309. The van der Waals surface area contributed by atoms with Crippen molar-refractivity contribution in [3.05, 3.63) is 59.2 Å². The summed E-state index contributed by atoms with van der Waals surface area (Å²) in [5.41, 5.74) is 2.27. The van der Waals surface area contributed by atoms with Crippen LogP contribution in [0.2, 0.25) is 18.1 Å². The van der Waals surface area contributed by atoms with Gasteiger partial charge in [-0.25, -0.2) is 0 Å². The summed E-state index contributed by atoms with van der Waals surface area (Å²) in [6, 6.07) is 12.3. The summed E-state index contributed by atoms with van der Waals surface area (Å²) in [4.78, 5) is 11.1. The Morgan fingerprint density at radius 2 is 1.58 bits per heavy atom. The third kappa shape index (κ3) is 8.18. The first-order valence-electron chi connectivity index (χ1n) is 11.3. The molecule has 0 bridgehead atoms. The molecule has 0 saturated heterocycles. The summed E-state index contributed by atoms with van der Waals surface area (Å²) in [6.45, 7) is 15.6. The molecule has 0 spiro atoms. The van der Waals surface area contributed by atoms with Crippen LogP contribution in [0.1, 0.15) is 57.4 Å². The topological polar surface area (TPSA) is 99.0 Å². The van der Waals surface area contributed by atoms with Crippen molar-refractivity contribution in [1.29, 1.82) is 0 Å².